The number of hydrogen-bond donors (Lipinski definition) is 0. The molecule has 1 aliphatic carbocycles. The largest absolute Gasteiger partial charge is 0.444 e. The molecule has 2 fully saturated rings. The van der Waals surface area contributed by atoms with Gasteiger partial charge in [0.05, 0.1) is 10.5 Å². The summed E-state index contributed by atoms with van der Waals surface area (Å²) in [6, 6.07) is 2.59. The molecule has 2 amide bonds. The quantitative estimate of drug-likeness (QED) is 0.486. The fraction of sp³-hybridized carbons (Fsp3) is 0.692. The highest BCUT2D eigenvalue weighted by Gasteiger charge is 2.49. The SMILES string of the molecule is CCCC(C(=O)N(C)[C@H]1CC[C@@H]2CN(S(=O)(=O)c3ccc(C(F)(F)F)cc3)C[C@@H]21)N(C)C(=O)OC(C)(C)C. The number of amides is 2. The molecule has 0 aromatic heterocycles. The highest BCUT2D eigenvalue weighted by Crippen LogP contribution is 2.42. The molecule has 1 aromatic rings. The third-order valence-corrected chi connectivity index (χ3v) is 9.29. The zero-order valence-corrected chi connectivity index (χ0v) is 23.6. The molecule has 0 radical (unpaired) electrons. The normalized spacial score (nSPS) is 23.1. The number of ether oxygens (including phenoxy) is 1. The van der Waals surface area contributed by atoms with Crippen molar-refractivity contribution < 1.29 is 35.9 Å². The molecule has 8 nitrogen and oxygen atoms in total. The van der Waals surface area contributed by atoms with Gasteiger partial charge >= 0.3 is 12.3 Å². The van der Waals surface area contributed by atoms with E-state index in [0.29, 0.717) is 19.3 Å². The molecule has 3 rings (SSSR count). The minimum absolute atomic E-state index is 0.0349. The Morgan fingerprint density at radius 2 is 1.68 bits per heavy atom. The summed E-state index contributed by atoms with van der Waals surface area (Å²) < 4.78 is 71.9. The second-order valence-electron chi connectivity index (χ2n) is 11.3. The van der Waals surface area contributed by atoms with Crippen LogP contribution in [0.25, 0.3) is 0 Å². The van der Waals surface area contributed by atoms with E-state index in [2.05, 4.69) is 0 Å². The number of alkyl halides is 3. The van der Waals surface area contributed by atoms with Crippen LogP contribution in [-0.2, 0) is 25.7 Å². The highest BCUT2D eigenvalue weighted by molar-refractivity contribution is 7.89. The van der Waals surface area contributed by atoms with Crippen molar-refractivity contribution in [2.45, 2.75) is 82.1 Å². The second kappa shape index (κ2) is 11.0. The third-order valence-electron chi connectivity index (χ3n) is 7.45. The lowest BCUT2D eigenvalue weighted by molar-refractivity contribution is -0.138. The molecule has 1 heterocycles. The van der Waals surface area contributed by atoms with Crippen LogP contribution in [0, 0.1) is 11.8 Å². The third kappa shape index (κ3) is 6.44. The Balaban J connectivity index is 1.74. The van der Waals surface area contributed by atoms with Gasteiger partial charge in [0.1, 0.15) is 11.6 Å². The Kier molecular flexibility index (Phi) is 8.77. The summed E-state index contributed by atoms with van der Waals surface area (Å²) in [4.78, 5) is 29.0. The first-order valence-corrected chi connectivity index (χ1v) is 14.3. The van der Waals surface area contributed by atoms with E-state index in [9.17, 15) is 31.2 Å². The first-order valence-electron chi connectivity index (χ1n) is 12.9. The number of carbonyl (C=O) groups is 2. The average molecular weight is 562 g/mol. The van der Waals surface area contributed by atoms with Crippen molar-refractivity contribution in [3.05, 3.63) is 29.8 Å². The Labute approximate surface area is 223 Å². The van der Waals surface area contributed by atoms with Crippen LogP contribution in [-0.4, -0.2) is 79.4 Å². The smallest absolute Gasteiger partial charge is 0.416 e. The van der Waals surface area contributed by atoms with Gasteiger partial charge in [0.25, 0.3) is 0 Å². The number of nitrogens with zero attached hydrogens (tertiary/aromatic N) is 3. The molecule has 1 aromatic carbocycles. The van der Waals surface area contributed by atoms with Crippen LogP contribution in [0.4, 0.5) is 18.0 Å². The van der Waals surface area contributed by atoms with E-state index < -0.39 is 39.5 Å². The van der Waals surface area contributed by atoms with Crippen LogP contribution in [0.5, 0.6) is 0 Å². The van der Waals surface area contributed by atoms with Gasteiger partial charge in [-0.2, -0.15) is 17.5 Å². The Morgan fingerprint density at radius 1 is 1.08 bits per heavy atom. The van der Waals surface area contributed by atoms with Crippen molar-refractivity contribution in [3.63, 3.8) is 0 Å². The molecule has 0 N–H and O–H groups in total. The minimum Gasteiger partial charge on any atom is -0.444 e. The predicted octanol–water partition coefficient (Wildman–Crippen LogP) is 4.60. The van der Waals surface area contributed by atoms with Gasteiger partial charge < -0.3 is 9.64 Å². The number of carbonyl (C=O) groups excluding carboxylic acids is 2. The molecule has 1 aliphatic heterocycles. The maximum atomic E-state index is 13.6. The minimum atomic E-state index is -4.55. The van der Waals surface area contributed by atoms with E-state index in [-0.39, 0.29) is 41.8 Å². The molecule has 1 unspecified atom stereocenters. The van der Waals surface area contributed by atoms with E-state index in [1.54, 1.807) is 39.8 Å². The molecule has 214 valence electrons. The topological polar surface area (TPSA) is 87.2 Å². The number of benzene rings is 1. The van der Waals surface area contributed by atoms with Crippen molar-refractivity contribution in [2.75, 3.05) is 27.2 Å². The van der Waals surface area contributed by atoms with Crippen molar-refractivity contribution >= 4 is 22.0 Å². The van der Waals surface area contributed by atoms with Crippen molar-refractivity contribution in [3.8, 4) is 0 Å². The molecule has 0 spiro atoms. The van der Waals surface area contributed by atoms with Gasteiger partial charge in [-0.05, 0) is 76.1 Å². The number of fused-ring (bicyclic) bond motifs is 1. The zero-order valence-electron chi connectivity index (χ0n) is 22.8. The van der Waals surface area contributed by atoms with Gasteiger partial charge in [-0.25, -0.2) is 13.2 Å². The van der Waals surface area contributed by atoms with Gasteiger partial charge in [-0.15, -0.1) is 0 Å². The van der Waals surface area contributed by atoms with E-state index in [1.165, 1.54) is 9.21 Å². The van der Waals surface area contributed by atoms with Crippen molar-refractivity contribution in [1.29, 1.82) is 0 Å². The van der Waals surface area contributed by atoms with Gasteiger partial charge in [-0.1, -0.05) is 13.3 Å². The Hall–Kier alpha value is -2.34. The van der Waals surface area contributed by atoms with Crippen molar-refractivity contribution in [2.24, 2.45) is 11.8 Å². The Morgan fingerprint density at radius 3 is 2.21 bits per heavy atom. The van der Waals surface area contributed by atoms with Crippen LogP contribution in [0.1, 0.15) is 58.9 Å². The molecule has 12 heteroatoms. The van der Waals surface area contributed by atoms with Crippen LogP contribution >= 0.6 is 0 Å². The predicted molar refractivity (Wildman–Crippen MR) is 136 cm³/mol. The average Bonchev–Trinajstić information content (AvgIpc) is 3.41. The zero-order chi connectivity index (χ0) is 28.6. The molecular weight excluding hydrogens is 523 g/mol. The molecule has 2 aliphatic rings. The summed E-state index contributed by atoms with van der Waals surface area (Å²) >= 11 is 0. The fourth-order valence-electron chi connectivity index (χ4n) is 5.45. The van der Waals surface area contributed by atoms with E-state index in [4.69, 9.17) is 4.74 Å². The second-order valence-corrected chi connectivity index (χ2v) is 13.2. The summed E-state index contributed by atoms with van der Waals surface area (Å²) in [5.41, 5.74) is -1.62. The van der Waals surface area contributed by atoms with Gasteiger partial charge in [0.15, 0.2) is 0 Å². The fourth-order valence-corrected chi connectivity index (χ4v) is 6.99. The summed E-state index contributed by atoms with van der Waals surface area (Å²) in [7, 11) is -0.751. The molecule has 4 atom stereocenters. The van der Waals surface area contributed by atoms with Crippen LogP contribution < -0.4 is 0 Å². The summed E-state index contributed by atoms with van der Waals surface area (Å²) in [6.45, 7) is 7.62. The number of rotatable bonds is 7. The maximum absolute atomic E-state index is 13.6. The summed E-state index contributed by atoms with van der Waals surface area (Å²) in [5.74, 6) is -0.301. The molecule has 1 saturated heterocycles. The maximum Gasteiger partial charge on any atom is 0.416 e. The standard InChI is InChI=1S/C26H38F3N3O5S/c1-7-8-22(31(6)24(34)37-25(2,3)4)23(33)30(5)21-14-9-17-15-32(16-20(17)21)38(35,36)19-12-10-18(11-13-19)26(27,28)29/h10-13,17,20-22H,7-9,14-16H2,1-6H3/t17-,20+,21+,22?/m1/s1. The van der Waals surface area contributed by atoms with Crippen LogP contribution in [0.3, 0.4) is 0 Å². The molecule has 1 saturated carbocycles. The van der Waals surface area contributed by atoms with E-state index in [0.717, 1.165) is 30.7 Å². The van der Waals surface area contributed by atoms with Gasteiger partial charge in [0, 0.05) is 33.2 Å². The van der Waals surface area contributed by atoms with Crippen LogP contribution in [0.15, 0.2) is 29.2 Å². The molecule has 0 bridgehead atoms. The van der Waals surface area contributed by atoms with Gasteiger partial charge in [0.2, 0.25) is 15.9 Å². The first kappa shape index (κ1) is 30.2. The highest BCUT2D eigenvalue weighted by atomic mass is 32.2. The lowest BCUT2D eigenvalue weighted by Crippen LogP contribution is -2.53. The van der Waals surface area contributed by atoms with Crippen LogP contribution in [0.2, 0.25) is 0 Å². The Bertz CT molecular complexity index is 1120. The number of hydrogen-bond acceptors (Lipinski definition) is 5. The molecule has 38 heavy (non-hydrogen) atoms. The lowest BCUT2D eigenvalue weighted by Gasteiger charge is -2.36. The van der Waals surface area contributed by atoms with Gasteiger partial charge in [-0.3, -0.25) is 9.69 Å². The van der Waals surface area contributed by atoms with E-state index >= 15 is 0 Å². The summed E-state index contributed by atoms with van der Waals surface area (Å²) in [5, 5.41) is 0. The number of halogens is 3. The first-order chi connectivity index (χ1) is 17.5. The lowest BCUT2D eigenvalue weighted by atomic mass is 9.96. The number of sulfonamides is 1. The summed E-state index contributed by atoms with van der Waals surface area (Å²) in [6.07, 6.45) is -2.57. The monoisotopic (exact) mass is 561 g/mol. The van der Waals surface area contributed by atoms with Crippen molar-refractivity contribution in [1.82, 2.24) is 14.1 Å². The number of likely N-dealkylation sites (N-methyl/N-ethyl adjacent to an activating group) is 2. The van der Waals surface area contributed by atoms with E-state index in [1.807, 2.05) is 6.92 Å². The molecular formula is C26H38F3N3O5S.